The molecule has 5 heteroatoms. The summed E-state index contributed by atoms with van der Waals surface area (Å²) in [7, 11) is 1.60. The Bertz CT molecular complexity index is 421. The van der Waals surface area contributed by atoms with Gasteiger partial charge in [-0.05, 0) is 31.0 Å². The van der Waals surface area contributed by atoms with Crippen LogP contribution in [0.5, 0.6) is 5.75 Å². The molecule has 1 amide bonds. The Kier molecular flexibility index (Phi) is 4.62. The molecular formula is C11H13BrClNO2. The summed E-state index contributed by atoms with van der Waals surface area (Å²) in [5.74, 6) is 0.737. The Hall–Kier alpha value is -0.740. The zero-order valence-electron chi connectivity index (χ0n) is 9.36. The van der Waals surface area contributed by atoms with Crippen LogP contribution in [0.2, 0.25) is 5.02 Å². The number of ether oxygens (including phenoxy) is 1. The van der Waals surface area contributed by atoms with Crippen LogP contribution in [0.1, 0.15) is 16.7 Å². The summed E-state index contributed by atoms with van der Waals surface area (Å²) in [5, 5.41) is 3.37. The van der Waals surface area contributed by atoms with Gasteiger partial charge in [0.05, 0.1) is 7.11 Å². The van der Waals surface area contributed by atoms with E-state index in [2.05, 4.69) is 21.2 Å². The van der Waals surface area contributed by atoms with Crippen LogP contribution in [-0.4, -0.2) is 11.9 Å². The molecule has 1 rings (SSSR count). The summed E-state index contributed by atoms with van der Waals surface area (Å²) in [4.78, 5) is 10.6. The maximum Gasteiger partial charge on any atom is 0.287 e. The number of rotatable bonds is 3. The maximum absolute atomic E-state index is 10.8. The maximum atomic E-state index is 10.8. The molecule has 0 aromatic heterocycles. The molecule has 0 spiro atoms. The number of methoxy groups -OCH3 is 1. The lowest BCUT2D eigenvalue weighted by molar-refractivity contribution is 0.261. The minimum absolute atomic E-state index is 0.259. The van der Waals surface area contributed by atoms with Gasteiger partial charge in [-0.15, -0.1) is 0 Å². The molecule has 1 aromatic carbocycles. The molecule has 88 valence electrons. The second kappa shape index (κ2) is 5.55. The molecule has 0 heterocycles. The molecule has 3 nitrogen and oxygen atoms in total. The highest BCUT2D eigenvalue weighted by Gasteiger charge is 2.12. The molecule has 0 fully saturated rings. The van der Waals surface area contributed by atoms with E-state index >= 15 is 0 Å². The number of benzene rings is 1. The highest BCUT2D eigenvalue weighted by Crippen LogP contribution is 2.31. The predicted molar refractivity (Wildman–Crippen MR) is 68.6 cm³/mol. The minimum Gasteiger partial charge on any atom is -0.496 e. The van der Waals surface area contributed by atoms with E-state index in [0.717, 1.165) is 22.4 Å². The molecule has 0 aliphatic rings. The van der Waals surface area contributed by atoms with Gasteiger partial charge in [-0.25, -0.2) is 0 Å². The van der Waals surface area contributed by atoms with Crippen molar-refractivity contribution in [3.05, 3.63) is 27.8 Å². The van der Waals surface area contributed by atoms with E-state index in [4.69, 9.17) is 16.3 Å². The van der Waals surface area contributed by atoms with Gasteiger partial charge in [0.1, 0.15) is 5.75 Å². The van der Waals surface area contributed by atoms with Crippen molar-refractivity contribution in [2.24, 2.45) is 0 Å². The average Bonchev–Trinajstić information content (AvgIpc) is 2.23. The van der Waals surface area contributed by atoms with Crippen molar-refractivity contribution in [1.29, 1.82) is 0 Å². The first-order chi connectivity index (χ1) is 7.47. The summed E-state index contributed by atoms with van der Waals surface area (Å²) in [6, 6.07) is 1.87. The Morgan fingerprint density at radius 1 is 1.56 bits per heavy atom. The van der Waals surface area contributed by atoms with E-state index in [9.17, 15) is 4.79 Å². The zero-order valence-corrected chi connectivity index (χ0v) is 11.7. The van der Waals surface area contributed by atoms with Crippen LogP contribution in [-0.2, 0) is 6.54 Å². The average molecular weight is 307 g/mol. The lowest BCUT2D eigenvalue weighted by atomic mass is 10.0. The van der Waals surface area contributed by atoms with Crippen LogP contribution in [0.3, 0.4) is 0 Å². The number of amides is 1. The van der Waals surface area contributed by atoms with Gasteiger partial charge in [-0.2, -0.15) is 0 Å². The van der Waals surface area contributed by atoms with E-state index < -0.39 is 0 Å². The third-order valence-electron chi connectivity index (χ3n) is 2.40. The molecule has 0 saturated heterocycles. The summed E-state index contributed by atoms with van der Waals surface area (Å²) in [6.07, 6.45) is 0. The van der Waals surface area contributed by atoms with Gasteiger partial charge in [0, 0.05) is 33.1 Å². The topological polar surface area (TPSA) is 38.3 Å². The number of nitrogens with one attached hydrogen (secondary N) is 1. The van der Waals surface area contributed by atoms with E-state index in [-0.39, 0.29) is 4.82 Å². The number of carbonyl (C=O) groups excluding carboxylic acids is 1. The molecule has 1 N–H and O–H groups in total. The van der Waals surface area contributed by atoms with Crippen molar-refractivity contribution in [1.82, 2.24) is 5.32 Å². The van der Waals surface area contributed by atoms with E-state index in [1.54, 1.807) is 7.11 Å². The van der Waals surface area contributed by atoms with Gasteiger partial charge in [0.25, 0.3) is 4.82 Å². The van der Waals surface area contributed by atoms with Crippen molar-refractivity contribution in [2.45, 2.75) is 20.4 Å². The minimum atomic E-state index is -0.259. The van der Waals surface area contributed by atoms with Gasteiger partial charge < -0.3 is 10.1 Å². The number of hydrogen-bond donors (Lipinski definition) is 1. The normalized spacial score (nSPS) is 10.1. The van der Waals surface area contributed by atoms with Crippen LogP contribution >= 0.6 is 27.5 Å². The van der Waals surface area contributed by atoms with Crippen molar-refractivity contribution < 1.29 is 9.53 Å². The highest BCUT2D eigenvalue weighted by atomic mass is 79.9. The summed E-state index contributed by atoms with van der Waals surface area (Å²) >= 11 is 8.96. The smallest absolute Gasteiger partial charge is 0.287 e. The molecule has 0 bridgehead atoms. The molecule has 0 atom stereocenters. The fraction of sp³-hybridized carbons (Fsp3) is 0.364. The molecule has 0 aliphatic carbocycles. The van der Waals surface area contributed by atoms with Crippen LogP contribution < -0.4 is 10.1 Å². The van der Waals surface area contributed by atoms with Crippen LogP contribution in [0.25, 0.3) is 0 Å². The molecular weight excluding hydrogens is 293 g/mol. The van der Waals surface area contributed by atoms with E-state index in [1.165, 1.54) is 0 Å². The molecule has 0 unspecified atom stereocenters. The van der Waals surface area contributed by atoms with Crippen molar-refractivity contribution in [2.75, 3.05) is 7.11 Å². The van der Waals surface area contributed by atoms with Crippen molar-refractivity contribution in [3.63, 3.8) is 0 Å². The molecule has 0 radical (unpaired) electrons. The van der Waals surface area contributed by atoms with Crippen LogP contribution in [0, 0.1) is 13.8 Å². The monoisotopic (exact) mass is 305 g/mol. The summed E-state index contributed by atoms with van der Waals surface area (Å²) < 4.78 is 5.27. The number of carbonyl (C=O) groups is 1. The highest BCUT2D eigenvalue weighted by molar-refractivity contribution is 9.18. The van der Waals surface area contributed by atoms with E-state index in [1.807, 2.05) is 19.9 Å². The van der Waals surface area contributed by atoms with Gasteiger partial charge >= 0.3 is 0 Å². The molecule has 0 aliphatic heterocycles. The first-order valence-corrected chi connectivity index (χ1v) is 5.90. The standard InChI is InChI=1S/C11H13BrClNO2/c1-6-4-9(16-3)8(5-14-11(12)15)7(2)10(6)13/h4H,5H2,1-3H3,(H,14,15). The van der Waals surface area contributed by atoms with Crippen molar-refractivity contribution in [3.8, 4) is 5.75 Å². The lowest BCUT2D eigenvalue weighted by Gasteiger charge is -2.15. The fourth-order valence-electron chi connectivity index (χ4n) is 1.52. The first kappa shape index (κ1) is 13.3. The van der Waals surface area contributed by atoms with Gasteiger partial charge in [0.2, 0.25) is 0 Å². The molecule has 0 saturated carbocycles. The second-order valence-corrected chi connectivity index (χ2v) is 4.54. The fourth-order valence-corrected chi connectivity index (χ4v) is 1.83. The predicted octanol–water partition coefficient (Wildman–Crippen LogP) is 3.57. The SMILES string of the molecule is COc1cc(C)c(Cl)c(C)c1CNC(=O)Br. The van der Waals surface area contributed by atoms with Crippen LogP contribution in [0.15, 0.2) is 6.07 Å². The van der Waals surface area contributed by atoms with Gasteiger partial charge in [0.15, 0.2) is 0 Å². The van der Waals surface area contributed by atoms with Crippen molar-refractivity contribution >= 4 is 32.3 Å². The van der Waals surface area contributed by atoms with Crippen LogP contribution in [0.4, 0.5) is 4.79 Å². The first-order valence-electron chi connectivity index (χ1n) is 4.73. The Morgan fingerprint density at radius 2 is 2.19 bits per heavy atom. The third kappa shape index (κ3) is 2.89. The Labute approximate surface area is 108 Å². The van der Waals surface area contributed by atoms with Gasteiger partial charge in [-0.3, -0.25) is 4.79 Å². The number of aryl methyl sites for hydroxylation is 1. The number of halogens is 2. The third-order valence-corrected chi connectivity index (χ3v) is 3.26. The number of hydrogen-bond acceptors (Lipinski definition) is 2. The summed E-state index contributed by atoms with van der Waals surface area (Å²) in [6.45, 7) is 4.22. The second-order valence-electron chi connectivity index (χ2n) is 3.44. The Morgan fingerprint density at radius 3 is 2.69 bits per heavy atom. The lowest BCUT2D eigenvalue weighted by Crippen LogP contribution is -2.16. The quantitative estimate of drug-likeness (QED) is 0.685. The Balaban J connectivity index is 3.14. The molecule has 1 aromatic rings. The molecule has 16 heavy (non-hydrogen) atoms. The van der Waals surface area contributed by atoms with E-state index in [0.29, 0.717) is 11.6 Å². The summed E-state index contributed by atoms with van der Waals surface area (Å²) in [5.41, 5.74) is 2.79. The van der Waals surface area contributed by atoms with Gasteiger partial charge in [-0.1, -0.05) is 11.6 Å². The largest absolute Gasteiger partial charge is 0.496 e. The zero-order chi connectivity index (χ0) is 12.3.